The molecule has 15 rings (SSSR count). The van der Waals surface area contributed by atoms with Gasteiger partial charge in [0.2, 0.25) is 0 Å². The van der Waals surface area contributed by atoms with Crippen LogP contribution in [0.15, 0.2) is 231 Å². The smallest absolute Gasteiger partial charge is 0.160 e. The van der Waals surface area contributed by atoms with Crippen molar-refractivity contribution in [2.24, 2.45) is 0 Å². The van der Waals surface area contributed by atoms with Crippen molar-refractivity contribution in [2.75, 3.05) is 0 Å². The molecule has 1 aliphatic carbocycles. The van der Waals surface area contributed by atoms with Gasteiger partial charge in [-0.15, -0.1) is 22.7 Å². The Labute approximate surface area is 431 Å². The summed E-state index contributed by atoms with van der Waals surface area (Å²) in [5.74, 6) is 0.713. The fourth-order valence-electron chi connectivity index (χ4n) is 11.7. The zero-order valence-corrected chi connectivity index (χ0v) is 41.8. The molecule has 2 nitrogen and oxygen atoms in total. The van der Waals surface area contributed by atoms with Crippen molar-refractivity contribution in [3.8, 4) is 78.4 Å². The molecule has 0 amide bonds. The summed E-state index contributed by atoms with van der Waals surface area (Å²) in [5.41, 5.74) is 17.2. The summed E-state index contributed by atoms with van der Waals surface area (Å²) < 4.78 is 5.26. The number of nitrogens with zero attached hydrogens (tertiary/aromatic N) is 2. The summed E-state index contributed by atoms with van der Waals surface area (Å²) in [7, 11) is 0. The molecule has 73 heavy (non-hydrogen) atoms. The van der Waals surface area contributed by atoms with Gasteiger partial charge in [0.15, 0.2) is 5.82 Å². The number of thiophene rings is 2. The highest BCUT2D eigenvalue weighted by atomic mass is 32.1. The zero-order chi connectivity index (χ0) is 48.4. The van der Waals surface area contributed by atoms with E-state index in [9.17, 15) is 0 Å². The normalized spacial score (nSPS) is 12.9. The third-order valence-corrected chi connectivity index (χ3v) is 17.7. The van der Waals surface area contributed by atoms with Crippen LogP contribution in [0.25, 0.3) is 140 Å². The van der Waals surface area contributed by atoms with Crippen LogP contribution in [0.1, 0.15) is 25.0 Å². The van der Waals surface area contributed by atoms with E-state index in [0.29, 0.717) is 5.82 Å². The number of hydrogen-bond acceptors (Lipinski definition) is 4. The lowest BCUT2D eigenvalue weighted by Crippen LogP contribution is -2.14. The second kappa shape index (κ2) is 16.2. The Morgan fingerprint density at radius 3 is 1.47 bits per heavy atom. The van der Waals surface area contributed by atoms with E-state index in [2.05, 4.69) is 238 Å². The van der Waals surface area contributed by atoms with Gasteiger partial charge in [0.05, 0.1) is 11.4 Å². The predicted molar refractivity (Wildman–Crippen MR) is 313 cm³/mol. The third-order valence-electron chi connectivity index (χ3n) is 15.4. The monoisotopic (exact) mass is 964 g/mol. The van der Waals surface area contributed by atoms with E-state index in [1.165, 1.54) is 112 Å². The van der Waals surface area contributed by atoms with Crippen molar-refractivity contribution >= 4 is 84.6 Å². The first kappa shape index (κ1) is 42.2. The Balaban J connectivity index is 0.857. The molecule has 3 heterocycles. The average molecular weight is 965 g/mol. The molecule has 0 fully saturated rings. The van der Waals surface area contributed by atoms with Crippen molar-refractivity contribution < 1.29 is 0 Å². The van der Waals surface area contributed by atoms with Gasteiger partial charge in [-0.05, 0) is 162 Å². The van der Waals surface area contributed by atoms with E-state index in [1.54, 1.807) is 0 Å². The molecule has 0 unspecified atom stereocenters. The number of aromatic nitrogens is 2. The van der Waals surface area contributed by atoms with Crippen LogP contribution in [-0.2, 0) is 5.41 Å². The summed E-state index contributed by atoms with van der Waals surface area (Å²) in [6, 6.07) is 85.2. The number of hydrogen-bond donors (Lipinski definition) is 0. The highest BCUT2D eigenvalue weighted by molar-refractivity contribution is 7.26. The van der Waals surface area contributed by atoms with Gasteiger partial charge < -0.3 is 0 Å². The molecule has 0 saturated heterocycles. The Kier molecular flexibility index (Phi) is 9.38. The van der Waals surface area contributed by atoms with Gasteiger partial charge >= 0.3 is 0 Å². The molecular formula is C69H44N2S2. The lowest BCUT2D eigenvalue weighted by Gasteiger charge is -2.22. The zero-order valence-electron chi connectivity index (χ0n) is 40.2. The molecule has 0 aliphatic heterocycles. The summed E-state index contributed by atoms with van der Waals surface area (Å²) >= 11 is 3.73. The second-order valence-corrected chi connectivity index (χ2v) is 22.3. The van der Waals surface area contributed by atoms with Gasteiger partial charge in [-0.1, -0.05) is 159 Å². The van der Waals surface area contributed by atoms with Gasteiger partial charge in [-0.2, -0.15) is 0 Å². The lowest BCUT2D eigenvalue weighted by molar-refractivity contribution is 0.661. The van der Waals surface area contributed by atoms with Crippen molar-refractivity contribution in [1.29, 1.82) is 0 Å². The van der Waals surface area contributed by atoms with Gasteiger partial charge in [-0.25, -0.2) is 9.97 Å². The molecule has 0 saturated carbocycles. The van der Waals surface area contributed by atoms with E-state index >= 15 is 0 Å². The highest BCUT2D eigenvalue weighted by Crippen LogP contribution is 2.53. The highest BCUT2D eigenvalue weighted by Gasteiger charge is 2.37. The molecule has 0 radical (unpaired) electrons. The van der Waals surface area contributed by atoms with Gasteiger partial charge in [0.1, 0.15) is 0 Å². The average Bonchev–Trinajstić information content (AvgIpc) is 4.09. The van der Waals surface area contributed by atoms with E-state index in [1.807, 2.05) is 28.7 Å². The second-order valence-electron chi connectivity index (χ2n) is 20.1. The first-order valence-corrected chi connectivity index (χ1v) is 26.6. The molecule has 3 aromatic heterocycles. The fraction of sp³-hybridized carbons (Fsp3) is 0.0435. The van der Waals surface area contributed by atoms with E-state index in [0.717, 1.165) is 33.5 Å². The largest absolute Gasteiger partial charge is 0.228 e. The Bertz CT molecular complexity index is 4460. The van der Waals surface area contributed by atoms with Crippen LogP contribution in [0.5, 0.6) is 0 Å². The maximum Gasteiger partial charge on any atom is 0.160 e. The predicted octanol–water partition coefficient (Wildman–Crippen LogP) is 19.8. The molecule has 1 aliphatic rings. The minimum Gasteiger partial charge on any atom is -0.228 e. The van der Waals surface area contributed by atoms with E-state index in [4.69, 9.17) is 9.97 Å². The SMILES string of the molecule is CC1(C)c2cc3ccccc3cc2-c2c(-c3cc(-c4ccc5cc(-c6cc(-c7ccc8sc9ccccc9c8c7)cc(-c7ccc8sc9ccccc9c8c7)c6)ccc5c4)nc(-c4ccccc4)n3)cccc21. The Hall–Kier alpha value is -8.54. The topological polar surface area (TPSA) is 25.8 Å². The van der Waals surface area contributed by atoms with Crippen molar-refractivity contribution in [1.82, 2.24) is 9.97 Å². The quantitative estimate of drug-likeness (QED) is 0.166. The number of fused-ring (bicyclic) bond motifs is 11. The standard InChI is InChI=1S/C69H44N2S2/c1-69(2)59-20-12-19-55(67(59)58-38-42-15-6-7-16-43(42)39-60(58)69)62-40-61(70-68(71-62)41-13-4-3-5-14-41)49-26-25-44-31-46(24-23-45(44)32-49)50-33-51(47-27-29-65-56(36-47)53-17-8-10-21-63(53)72-65)35-52(34-50)48-28-30-66-57(37-48)54-18-9-11-22-64(54)73-66/h3-40H,1-2H3. The number of rotatable bonds is 6. The van der Waals surface area contributed by atoms with E-state index < -0.39 is 0 Å². The minimum absolute atomic E-state index is 0.162. The lowest BCUT2D eigenvalue weighted by atomic mass is 9.81. The van der Waals surface area contributed by atoms with Gasteiger partial charge in [0.25, 0.3) is 0 Å². The van der Waals surface area contributed by atoms with Crippen LogP contribution in [0.2, 0.25) is 0 Å². The maximum absolute atomic E-state index is 5.37. The summed E-state index contributed by atoms with van der Waals surface area (Å²) in [6.45, 7) is 4.71. The van der Waals surface area contributed by atoms with Crippen molar-refractivity contribution in [3.05, 3.63) is 242 Å². The van der Waals surface area contributed by atoms with Crippen molar-refractivity contribution in [3.63, 3.8) is 0 Å². The first-order chi connectivity index (χ1) is 35.9. The molecular weight excluding hydrogens is 921 g/mol. The van der Waals surface area contributed by atoms with Crippen LogP contribution in [-0.4, -0.2) is 9.97 Å². The molecule has 14 aromatic rings. The molecule has 4 heteroatoms. The molecule has 0 atom stereocenters. The minimum atomic E-state index is -0.162. The van der Waals surface area contributed by atoms with Crippen LogP contribution < -0.4 is 0 Å². The van der Waals surface area contributed by atoms with Crippen molar-refractivity contribution in [2.45, 2.75) is 19.3 Å². The summed E-state index contributed by atoms with van der Waals surface area (Å²) in [6.07, 6.45) is 0. The molecule has 11 aromatic carbocycles. The fourth-order valence-corrected chi connectivity index (χ4v) is 13.8. The van der Waals surface area contributed by atoms with Crippen LogP contribution >= 0.6 is 22.7 Å². The van der Waals surface area contributed by atoms with Gasteiger partial charge in [-0.3, -0.25) is 0 Å². The molecule has 342 valence electrons. The Morgan fingerprint density at radius 1 is 0.301 bits per heavy atom. The first-order valence-electron chi connectivity index (χ1n) is 25.0. The summed E-state index contributed by atoms with van der Waals surface area (Å²) in [4.78, 5) is 10.7. The molecule has 0 N–H and O–H groups in total. The van der Waals surface area contributed by atoms with Gasteiger partial charge in [0, 0.05) is 62.4 Å². The Morgan fingerprint density at radius 2 is 0.808 bits per heavy atom. The molecule has 0 bridgehead atoms. The third kappa shape index (κ3) is 6.89. The van der Waals surface area contributed by atoms with Crippen LogP contribution in [0.3, 0.4) is 0 Å². The van der Waals surface area contributed by atoms with Crippen LogP contribution in [0, 0.1) is 0 Å². The number of benzene rings is 11. The molecule has 0 spiro atoms. The summed E-state index contributed by atoms with van der Waals surface area (Å²) in [5, 5.41) is 10.1. The maximum atomic E-state index is 5.37. The van der Waals surface area contributed by atoms with Crippen LogP contribution in [0.4, 0.5) is 0 Å². The van der Waals surface area contributed by atoms with E-state index in [-0.39, 0.29) is 5.41 Å².